The minimum absolute atomic E-state index is 0.112. The Morgan fingerprint density at radius 2 is 2.41 bits per heavy atom. The third kappa shape index (κ3) is 2.82. The maximum atomic E-state index is 11.8. The molecule has 0 bridgehead atoms. The van der Waals surface area contributed by atoms with E-state index in [4.69, 9.17) is 9.15 Å². The number of fused-ring (bicyclic) bond motifs is 1. The summed E-state index contributed by atoms with van der Waals surface area (Å²) in [5, 5.41) is 2.81. The largest absolute Gasteiger partial charge is 0.443 e. The Bertz CT molecular complexity index is 507. The summed E-state index contributed by atoms with van der Waals surface area (Å²) in [4.78, 5) is 15.8. The monoisotopic (exact) mass is 234 g/mol. The quantitative estimate of drug-likeness (QED) is 0.798. The molecule has 0 atom stereocenters. The molecule has 0 aliphatic rings. The predicted octanol–water partition coefficient (Wildman–Crippen LogP) is 1.59. The highest BCUT2D eigenvalue weighted by molar-refractivity contribution is 5.96. The fourth-order valence-corrected chi connectivity index (χ4v) is 1.52. The molecule has 0 aliphatic carbocycles. The van der Waals surface area contributed by atoms with Gasteiger partial charge in [0.2, 0.25) is 0 Å². The molecule has 0 fully saturated rings. The fourth-order valence-electron chi connectivity index (χ4n) is 1.52. The van der Waals surface area contributed by atoms with E-state index in [0.29, 0.717) is 24.3 Å². The molecule has 0 saturated carbocycles. The lowest BCUT2D eigenvalue weighted by atomic mass is 10.2. The average Bonchev–Trinajstić information content (AvgIpc) is 2.81. The number of nitrogens with one attached hydrogen (secondary N) is 1. The van der Waals surface area contributed by atoms with Crippen molar-refractivity contribution in [2.75, 3.05) is 20.3 Å². The molecule has 0 saturated heterocycles. The molecule has 1 aromatic heterocycles. The third-order valence-corrected chi connectivity index (χ3v) is 2.40. The van der Waals surface area contributed by atoms with E-state index in [-0.39, 0.29) is 5.91 Å². The van der Waals surface area contributed by atoms with Crippen LogP contribution in [0.15, 0.2) is 29.0 Å². The molecule has 0 unspecified atom stereocenters. The van der Waals surface area contributed by atoms with E-state index in [0.717, 1.165) is 11.9 Å². The Morgan fingerprint density at radius 1 is 1.53 bits per heavy atom. The van der Waals surface area contributed by atoms with Gasteiger partial charge in [-0.1, -0.05) is 0 Å². The lowest BCUT2D eigenvalue weighted by molar-refractivity contribution is 0.0948. The van der Waals surface area contributed by atoms with Gasteiger partial charge in [-0.15, -0.1) is 0 Å². The van der Waals surface area contributed by atoms with Gasteiger partial charge in [0, 0.05) is 25.8 Å². The van der Waals surface area contributed by atoms with Gasteiger partial charge >= 0.3 is 0 Å². The van der Waals surface area contributed by atoms with Crippen molar-refractivity contribution in [2.24, 2.45) is 0 Å². The highest BCUT2D eigenvalue weighted by atomic mass is 16.5. The van der Waals surface area contributed by atoms with Gasteiger partial charge in [0.1, 0.15) is 5.52 Å². The number of nitrogens with zero attached hydrogens (tertiary/aromatic N) is 1. The zero-order valence-electron chi connectivity index (χ0n) is 9.60. The number of carbonyl (C=O) groups excluding carboxylic acids is 1. The van der Waals surface area contributed by atoms with E-state index in [2.05, 4.69) is 10.3 Å². The number of amides is 1. The second-order valence-electron chi connectivity index (χ2n) is 3.64. The number of carbonyl (C=O) groups is 1. The topological polar surface area (TPSA) is 64.4 Å². The third-order valence-electron chi connectivity index (χ3n) is 2.40. The second-order valence-corrected chi connectivity index (χ2v) is 3.64. The van der Waals surface area contributed by atoms with Crippen molar-refractivity contribution in [2.45, 2.75) is 6.42 Å². The normalized spacial score (nSPS) is 10.6. The van der Waals surface area contributed by atoms with Gasteiger partial charge in [-0.3, -0.25) is 4.79 Å². The molecule has 0 radical (unpaired) electrons. The van der Waals surface area contributed by atoms with Crippen molar-refractivity contribution >= 4 is 17.0 Å². The standard InChI is InChI=1S/C12H14N2O3/c1-16-6-2-5-13-12(15)9-3-4-10-11(7-9)17-8-14-10/h3-4,7-8H,2,5-6H2,1H3,(H,13,15). The van der Waals surface area contributed by atoms with Crippen molar-refractivity contribution in [3.63, 3.8) is 0 Å². The summed E-state index contributed by atoms with van der Waals surface area (Å²) in [7, 11) is 1.64. The van der Waals surface area contributed by atoms with Gasteiger partial charge in [0.05, 0.1) is 0 Å². The van der Waals surface area contributed by atoms with Crippen LogP contribution in [0.5, 0.6) is 0 Å². The first-order valence-corrected chi connectivity index (χ1v) is 5.41. The van der Waals surface area contributed by atoms with Crippen molar-refractivity contribution in [1.82, 2.24) is 10.3 Å². The molecule has 5 heteroatoms. The van der Waals surface area contributed by atoms with Crippen LogP contribution < -0.4 is 5.32 Å². The van der Waals surface area contributed by atoms with Crippen LogP contribution in [0.25, 0.3) is 11.1 Å². The molecule has 2 aromatic rings. The summed E-state index contributed by atoms with van der Waals surface area (Å²) >= 11 is 0. The van der Waals surface area contributed by atoms with Gasteiger partial charge in [0.15, 0.2) is 12.0 Å². The number of oxazole rings is 1. The summed E-state index contributed by atoms with van der Waals surface area (Å²) in [5.41, 5.74) is 1.95. The van der Waals surface area contributed by atoms with Gasteiger partial charge in [-0.05, 0) is 24.6 Å². The Labute approximate surface area is 98.8 Å². The molecule has 0 aliphatic heterocycles. The van der Waals surface area contributed by atoms with Crippen LogP contribution in [0.4, 0.5) is 0 Å². The minimum atomic E-state index is -0.112. The molecule has 17 heavy (non-hydrogen) atoms. The van der Waals surface area contributed by atoms with Crippen LogP contribution >= 0.6 is 0 Å². The van der Waals surface area contributed by atoms with Crippen molar-refractivity contribution in [1.29, 1.82) is 0 Å². The number of methoxy groups -OCH3 is 1. The molecule has 2 rings (SSSR count). The van der Waals surface area contributed by atoms with E-state index in [1.807, 2.05) is 0 Å². The SMILES string of the molecule is COCCCNC(=O)c1ccc2ncoc2c1. The maximum Gasteiger partial charge on any atom is 0.251 e. The van der Waals surface area contributed by atoms with E-state index in [1.165, 1.54) is 6.39 Å². The van der Waals surface area contributed by atoms with Gasteiger partial charge in [0.25, 0.3) is 5.91 Å². The Hall–Kier alpha value is -1.88. The van der Waals surface area contributed by atoms with E-state index in [9.17, 15) is 4.79 Å². The Balaban J connectivity index is 1.98. The highest BCUT2D eigenvalue weighted by Gasteiger charge is 2.07. The molecule has 5 nitrogen and oxygen atoms in total. The number of hydrogen-bond donors (Lipinski definition) is 1. The molecule has 1 aromatic carbocycles. The number of benzene rings is 1. The van der Waals surface area contributed by atoms with Crippen molar-refractivity contribution in [3.05, 3.63) is 30.2 Å². The lowest BCUT2D eigenvalue weighted by Gasteiger charge is -2.04. The number of rotatable bonds is 5. The maximum absolute atomic E-state index is 11.8. The Morgan fingerprint density at radius 3 is 3.24 bits per heavy atom. The summed E-state index contributed by atoms with van der Waals surface area (Å²) in [6.07, 6.45) is 2.16. The van der Waals surface area contributed by atoms with E-state index >= 15 is 0 Å². The van der Waals surface area contributed by atoms with Crippen LogP contribution in [0.2, 0.25) is 0 Å². The number of aromatic nitrogens is 1. The van der Waals surface area contributed by atoms with Crippen LogP contribution in [-0.4, -0.2) is 31.2 Å². The predicted molar refractivity (Wildman–Crippen MR) is 62.8 cm³/mol. The van der Waals surface area contributed by atoms with Crippen LogP contribution in [0.3, 0.4) is 0 Å². The van der Waals surface area contributed by atoms with E-state index in [1.54, 1.807) is 25.3 Å². The average molecular weight is 234 g/mol. The molecular formula is C12H14N2O3. The number of hydrogen-bond acceptors (Lipinski definition) is 4. The first kappa shape index (κ1) is 11.6. The summed E-state index contributed by atoms with van der Waals surface area (Å²) in [6.45, 7) is 1.24. The molecule has 90 valence electrons. The van der Waals surface area contributed by atoms with E-state index < -0.39 is 0 Å². The van der Waals surface area contributed by atoms with Gasteiger partial charge in [-0.25, -0.2) is 4.98 Å². The van der Waals surface area contributed by atoms with Crippen LogP contribution in [-0.2, 0) is 4.74 Å². The second kappa shape index (κ2) is 5.45. The first-order chi connectivity index (χ1) is 8.31. The molecule has 0 spiro atoms. The molecular weight excluding hydrogens is 220 g/mol. The lowest BCUT2D eigenvalue weighted by Crippen LogP contribution is -2.25. The van der Waals surface area contributed by atoms with Crippen LogP contribution in [0, 0.1) is 0 Å². The summed E-state index contributed by atoms with van der Waals surface area (Å²) < 4.78 is 10.0. The summed E-state index contributed by atoms with van der Waals surface area (Å²) in [5.74, 6) is -0.112. The van der Waals surface area contributed by atoms with Gasteiger partial charge < -0.3 is 14.5 Å². The molecule has 1 N–H and O–H groups in total. The van der Waals surface area contributed by atoms with Crippen LogP contribution in [0.1, 0.15) is 16.8 Å². The Kier molecular flexibility index (Phi) is 3.72. The molecule has 1 heterocycles. The first-order valence-electron chi connectivity index (χ1n) is 5.41. The highest BCUT2D eigenvalue weighted by Crippen LogP contribution is 2.13. The van der Waals surface area contributed by atoms with Crippen molar-refractivity contribution < 1.29 is 13.9 Å². The fraction of sp³-hybridized carbons (Fsp3) is 0.333. The smallest absolute Gasteiger partial charge is 0.251 e. The minimum Gasteiger partial charge on any atom is -0.443 e. The van der Waals surface area contributed by atoms with Crippen molar-refractivity contribution in [3.8, 4) is 0 Å². The zero-order valence-corrected chi connectivity index (χ0v) is 9.60. The van der Waals surface area contributed by atoms with Gasteiger partial charge in [-0.2, -0.15) is 0 Å². The molecule has 1 amide bonds. The number of ether oxygens (including phenoxy) is 1. The zero-order chi connectivity index (χ0) is 12.1. The summed E-state index contributed by atoms with van der Waals surface area (Å²) in [6, 6.07) is 5.19.